The molecule has 3 amide bonds. The zero-order valence-electron chi connectivity index (χ0n) is 18.6. The maximum absolute atomic E-state index is 13.3. The second-order valence-corrected chi connectivity index (χ2v) is 8.18. The van der Waals surface area contributed by atoms with Gasteiger partial charge in [-0.2, -0.15) is 0 Å². The monoisotopic (exact) mass is 445 g/mol. The van der Waals surface area contributed by atoms with Gasteiger partial charge in [-0.1, -0.05) is 36.4 Å². The van der Waals surface area contributed by atoms with Crippen LogP contribution in [0.15, 0.2) is 73.3 Å². The summed E-state index contributed by atoms with van der Waals surface area (Å²) < 4.78 is 5.20. The van der Waals surface area contributed by atoms with Gasteiger partial charge in [-0.25, -0.2) is 5.01 Å². The van der Waals surface area contributed by atoms with E-state index in [-0.39, 0.29) is 29.6 Å². The number of ether oxygens (including phenoxy) is 1. The third kappa shape index (κ3) is 4.67. The van der Waals surface area contributed by atoms with Gasteiger partial charge >= 0.3 is 0 Å². The largest absolute Gasteiger partial charge is 0.497 e. The van der Waals surface area contributed by atoms with Crippen LogP contribution in [-0.2, 0) is 16.1 Å². The molecule has 4 rings (SSSR count). The number of hydrogen-bond acceptors (Lipinski definition) is 4. The molecule has 1 saturated heterocycles. The van der Waals surface area contributed by atoms with E-state index < -0.39 is 0 Å². The third-order valence-electron chi connectivity index (χ3n) is 6.05. The quantitative estimate of drug-likeness (QED) is 0.662. The Kier molecular flexibility index (Phi) is 6.58. The fourth-order valence-corrected chi connectivity index (χ4v) is 4.27. The van der Waals surface area contributed by atoms with Crippen LogP contribution in [0.2, 0.25) is 0 Å². The minimum absolute atomic E-state index is 0.158. The molecule has 7 heteroatoms. The summed E-state index contributed by atoms with van der Waals surface area (Å²) in [5.74, 6) is -0.492. The Morgan fingerprint density at radius 2 is 1.88 bits per heavy atom. The molecular formula is C26H27N3O4. The molecular weight excluding hydrogens is 418 g/mol. The summed E-state index contributed by atoms with van der Waals surface area (Å²) in [5.41, 5.74) is 4.56. The van der Waals surface area contributed by atoms with Crippen LogP contribution < -0.4 is 15.2 Å². The molecule has 170 valence electrons. The number of rotatable bonds is 7. The highest BCUT2D eigenvalue weighted by Gasteiger charge is 2.42. The summed E-state index contributed by atoms with van der Waals surface area (Å²) >= 11 is 0. The summed E-state index contributed by atoms with van der Waals surface area (Å²) in [6.07, 6.45) is 6.68. The van der Waals surface area contributed by atoms with Gasteiger partial charge in [0, 0.05) is 18.7 Å². The van der Waals surface area contributed by atoms with Crippen molar-refractivity contribution in [2.75, 3.05) is 18.7 Å². The van der Waals surface area contributed by atoms with E-state index in [1.54, 1.807) is 42.4 Å². The van der Waals surface area contributed by atoms with E-state index in [1.807, 2.05) is 36.4 Å². The summed E-state index contributed by atoms with van der Waals surface area (Å²) in [5, 5.41) is 1.28. The molecule has 0 spiro atoms. The second kappa shape index (κ2) is 9.73. The fourth-order valence-electron chi connectivity index (χ4n) is 4.27. The molecule has 0 bridgehead atoms. The predicted octanol–water partition coefficient (Wildman–Crippen LogP) is 3.48. The lowest BCUT2D eigenvalue weighted by Crippen LogP contribution is -2.59. The number of amides is 3. The van der Waals surface area contributed by atoms with Crippen LogP contribution in [-0.4, -0.2) is 36.3 Å². The molecule has 2 atom stereocenters. The summed E-state index contributed by atoms with van der Waals surface area (Å²) in [6, 6.07) is 14.3. The third-order valence-corrected chi connectivity index (χ3v) is 6.05. The van der Waals surface area contributed by atoms with Gasteiger partial charge in [0.25, 0.3) is 5.91 Å². The van der Waals surface area contributed by atoms with Crippen molar-refractivity contribution in [2.45, 2.75) is 19.4 Å². The first kappa shape index (κ1) is 22.3. The van der Waals surface area contributed by atoms with Crippen molar-refractivity contribution >= 4 is 23.4 Å². The van der Waals surface area contributed by atoms with Crippen molar-refractivity contribution < 1.29 is 19.1 Å². The minimum atomic E-state index is -0.379. The van der Waals surface area contributed by atoms with Crippen molar-refractivity contribution in [1.29, 1.82) is 0 Å². The van der Waals surface area contributed by atoms with Crippen LogP contribution in [0.3, 0.4) is 0 Å². The summed E-state index contributed by atoms with van der Waals surface area (Å²) in [4.78, 5) is 40.7. The molecule has 1 heterocycles. The topological polar surface area (TPSA) is 79.0 Å². The number of allylic oxidation sites excluding steroid dienone is 2. The van der Waals surface area contributed by atoms with Crippen molar-refractivity contribution in [1.82, 2.24) is 10.3 Å². The van der Waals surface area contributed by atoms with E-state index in [0.717, 1.165) is 11.3 Å². The molecule has 7 nitrogen and oxygen atoms in total. The molecule has 1 aliphatic heterocycles. The van der Waals surface area contributed by atoms with Gasteiger partial charge < -0.3 is 9.64 Å². The minimum Gasteiger partial charge on any atom is -0.497 e. The van der Waals surface area contributed by atoms with E-state index in [4.69, 9.17) is 4.74 Å². The number of anilines is 1. The maximum atomic E-state index is 13.3. The molecule has 2 aliphatic rings. The van der Waals surface area contributed by atoms with Crippen LogP contribution in [0, 0.1) is 11.8 Å². The van der Waals surface area contributed by atoms with E-state index >= 15 is 0 Å². The molecule has 2 unspecified atom stereocenters. The molecule has 1 aliphatic carbocycles. The Hall–Kier alpha value is -3.87. The fraction of sp³-hybridized carbons (Fsp3) is 0.269. The number of carbonyl (C=O) groups excluding carboxylic acids is 3. The van der Waals surface area contributed by atoms with Gasteiger partial charge in [0.15, 0.2) is 0 Å². The number of carbonyl (C=O) groups is 3. The molecule has 2 aromatic carbocycles. The van der Waals surface area contributed by atoms with Crippen LogP contribution >= 0.6 is 0 Å². The van der Waals surface area contributed by atoms with E-state index in [0.29, 0.717) is 37.2 Å². The van der Waals surface area contributed by atoms with E-state index in [1.165, 1.54) is 5.01 Å². The van der Waals surface area contributed by atoms with Crippen LogP contribution in [0.25, 0.3) is 0 Å². The highest BCUT2D eigenvalue weighted by molar-refractivity contribution is 6.05. The molecule has 0 radical (unpaired) electrons. The maximum Gasteiger partial charge on any atom is 0.254 e. The van der Waals surface area contributed by atoms with Gasteiger partial charge in [-0.15, -0.1) is 6.58 Å². The van der Waals surface area contributed by atoms with Crippen LogP contribution in [0.1, 0.15) is 28.8 Å². The predicted molar refractivity (Wildman–Crippen MR) is 125 cm³/mol. The smallest absolute Gasteiger partial charge is 0.254 e. The number of hydrogen-bond donors (Lipinski definition) is 1. The molecule has 1 N–H and O–H groups in total. The first-order valence-electron chi connectivity index (χ1n) is 10.9. The zero-order valence-corrected chi connectivity index (χ0v) is 18.6. The Morgan fingerprint density at radius 1 is 1.15 bits per heavy atom. The molecule has 2 aromatic rings. The van der Waals surface area contributed by atoms with E-state index in [9.17, 15) is 14.4 Å². The zero-order chi connectivity index (χ0) is 23.4. The van der Waals surface area contributed by atoms with Gasteiger partial charge in [0.1, 0.15) is 5.75 Å². The second-order valence-electron chi connectivity index (χ2n) is 8.18. The molecule has 0 saturated carbocycles. The molecule has 33 heavy (non-hydrogen) atoms. The lowest BCUT2D eigenvalue weighted by molar-refractivity contribution is -0.139. The van der Waals surface area contributed by atoms with Crippen molar-refractivity contribution in [3.63, 3.8) is 0 Å². The number of nitrogens with one attached hydrogen (secondary N) is 1. The molecule has 1 fully saturated rings. The summed E-state index contributed by atoms with van der Waals surface area (Å²) in [7, 11) is 1.61. The first-order valence-corrected chi connectivity index (χ1v) is 10.9. The van der Waals surface area contributed by atoms with Gasteiger partial charge in [-0.05, 0) is 48.7 Å². The number of hydrazine groups is 1. The Balaban J connectivity index is 1.55. The summed E-state index contributed by atoms with van der Waals surface area (Å²) in [6.45, 7) is 4.54. The number of nitrogens with zero attached hydrogens (tertiary/aromatic N) is 2. The Labute approximate surface area is 193 Å². The molecule has 0 aromatic heterocycles. The van der Waals surface area contributed by atoms with Crippen LogP contribution in [0.5, 0.6) is 5.75 Å². The Morgan fingerprint density at radius 3 is 2.58 bits per heavy atom. The normalized spacial score (nSPS) is 19.5. The lowest BCUT2D eigenvalue weighted by atomic mass is 9.80. The van der Waals surface area contributed by atoms with Crippen molar-refractivity contribution in [3.05, 3.63) is 84.5 Å². The van der Waals surface area contributed by atoms with Gasteiger partial charge in [0.05, 0.1) is 24.6 Å². The highest BCUT2D eigenvalue weighted by atomic mass is 16.5. The first-order chi connectivity index (χ1) is 16.0. The average molecular weight is 446 g/mol. The highest BCUT2D eigenvalue weighted by Crippen LogP contribution is 2.32. The number of methoxy groups -OCH3 is 1. The average Bonchev–Trinajstić information content (AvgIpc) is 2.86. The number of benzene rings is 2. The SMILES string of the molecule is C=CCN(Cc1ccc(OC)cc1)C(=O)c1cccc(N2NC(=O)C3CC=CCC3C2=O)c1. The van der Waals surface area contributed by atoms with Crippen molar-refractivity contribution in [2.24, 2.45) is 11.8 Å². The van der Waals surface area contributed by atoms with Crippen molar-refractivity contribution in [3.8, 4) is 5.75 Å². The Bertz CT molecular complexity index is 1090. The van der Waals surface area contributed by atoms with Gasteiger partial charge in [-0.3, -0.25) is 19.8 Å². The van der Waals surface area contributed by atoms with Crippen LogP contribution in [0.4, 0.5) is 5.69 Å². The van der Waals surface area contributed by atoms with Gasteiger partial charge in [0.2, 0.25) is 11.8 Å². The lowest BCUT2D eigenvalue weighted by Gasteiger charge is -2.38. The standard InChI is InChI=1S/C26H27N3O4/c1-3-15-28(17-18-11-13-21(33-2)14-12-18)25(31)19-7-6-8-20(16-19)29-26(32)23-10-5-4-9-22(23)24(30)27-29/h3-8,11-14,16,22-23H,1,9-10,15,17H2,2H3,(H,27,30). The number of fused-ring (bicyclic) bond motifs is 1. The van der Waals surface area contributed by atoms with E-state index in [2.05, 4.69) is 12.0 Å².